The molecule has 1 N–H and O–H groups in total. The van der Waals surface area contributed by atoms with Gasteiger partial charge in [0.2, 0.25) is 0 Å². The van der Waals surface area contributed by atoms with Gasteiger partial charge in [-0.2, -0.15) is 5.10 Å². The molecule has 1 amide bonds. The standard InChI is InChI=1S/C11H13ClN4O2/c1-18-7-8(12)4-14-11(17)9-5-15-16-3-2-13-6-10(9)16/h2-3,5-6,8H,4,7H2,1H3,(H,14,17). The van der Waals surface area contributed by atoms with Gasteiger partial charge < -0.3 is 10.1 Å². The normalized spacial score (nSPS) is 12.6. The smallest absolute Gasteiger partial charge is 0.255 e. The molecule has 0 radical (unpaired) electrons. The Balaban J connectivity index is 2.05. The van der Waals surface area contributed by atoms with Crippen LogP contribution in [0.5, 0.6) is 0 Å². The zero-order chi connectivity index (χ0) is 13.0. The predicted molar refractivity (Wildman–Crippen MR) is 66.8 cm³/mol. The summed E-state index contributed by atoms with van der Waals surface area (Å²) >= 11 is 5.93. The fraction of sp³-hybridized carbons (Fsp3) is 0.364. The number of hydrogen-bond acceptors (Lipinski definition) is 4. The topological polar surface area (TPSA) is 68.5 Å². The number of nitrogens with one attached hydrogen (secondary N) is 1. The summed E-state index contributed by atoms with van der Waals surface area (Å²) in [6.07, 6.45) is 6.39. The molecular formula is C11H13ClN4O2. The summed E-state index contributed by atoms with van der Waals surface area (Å²) in [7, 11) is 1.56. The van der Waals surface area contributed by atoms with Gasteiger partial charge in [0, 0.05) is 26.0 Å². The van der Waals surface area contributed by atoms with E-state index in [1.54, 1.807) is 30.2 Å². The first-order chi connectivity index (χ1) is 8.72. The molecule has 0 aliphatic heterocycles. The van der Waals surface area contributed by atoms with Crippen LogP contribution in [0.1, 0.15) is 10.4 Å². The van der Waals surface area contributed by atoms with E-state index in [4.69, 9.17) is 16.3 Å². The number of alkyl halides is 1. The summed E-state index contributed by atoms with van der Waals surface area (Å²) in [5, 5.41) is 6.54. The number of rotatable bonds is 5. The molecule has 96 valence electrons. The van der Waals surface area contributed by atoms with Crippen molar-refractivity contribution in [2.75, 3.05) is 20.3 Å². The van der Waals surface area contributed by atoms with Gasteiger partial charge in [-0.1, -0.05) is 0 Å². The highest BCUT2D eigenvalue weighted by atomic mass is 35.5. The second-order valence-corrected chi connectivity index (χ2v) is 4.34. The lowest BCUT2D eigenvalue weighted by atomic mass is 10.2. The van der Waals surface area contributed by atoms with E-state index in [1.807, 2.05) is 0 Å². The molecule has 7 heteroatoms. The van der Waals surface area contributed by atoms with Crippen LogP contribution in [0.2, 0.25) is 0 Å². The zero-order valence-corrected chi connectivity index (χ0v) is 10.6. The van der Waals surface area contributed by atoms with Gasteiger partial charge in [0.05, 0.1) is 35.5 Å². The van der Waals surface area contributed by atoms with Crippen molar-refractivity contribution < 1.29 is 9.53 Å². The first-order valence-corrected chi connectivity index (χ1v) is 5.84. The molecule has 2 aromatic rings. The molecule has 6 nitrogen and oxygen atoms in total. The van der Waals surface area contributed by atoms with E-state index < -0.39 is 0 Å². The van der Waals surface area contributed by atoms with Crippen molar-refractivity contribution in [2.24, 2.45) is 0 Å². The number of fused-ring (bicyclic) bond motifs is 1. The van der Waals surface area contributed by atoms with Gasteiger partial charge in [0.1, 0.15) is 0 Å². The van der Waals surface area contributed by atoms with Crippen LogP contribution in [0.4, 0.5) is 0 Å². The molecule has 0 aliphatic rings. The van der Waals surface area contributed by atoms with Crippen LogP contribution in [0, 0.1) is 0 Å². The Morgan fingerprint density at radius 3 is 3.22 bits per heavy atom. The fourth-order valence-corrected chi connectivity index (χ4v) is 1.75. The SMILES string of the molecule is COCC(Cl)CNC(=O)c1cnn2ccncc12. The minimum atomic E-state index is -0.251. The average Bonchev–Trinajstić information content (AvgIpc) is 2.80. The van der Waals surface area contributed by atoms with Crippen molar-refractivity contribution in [3.05, 3.63) is 30.4 Å². The van der Waals surface area contributed by atoms with Crippen LogP contribution in [0.3, 0.4) is 0 Å². The fourth-order valence-electron chi connectivity index (χ4n) is 1.55. The van der Waals surface area contributed by atoms with Crippen LogP contribution >= 0.6 is 11.6 Å². The monoisotopic (exact) mass is 268 g/mol. The molecule has 0 aliphatic carbocycles. The van der Waals surface area contributed by atoms with Crippen molar-refractivity contribution >= 4 is 23.0 Å². The number of amides is 1. The number of nitrogens with zero attached hydrogens (tertiary/aromatic N) is 3. The lowest BCUT2D eigenvalue weighted by Crippen LogP contribution is -2.31. The maximum Gasteiger partial charge on any atom is 0.255 e. The highest BCUT2D eigenvalue weighted by Crippen LogP contribution is 2.08. The summed E-state index contributed by atoms with van der Waals surface area (Å²) in [4.78, 5) is 15.9. The Kier molecular flexibility index (Phi) is 4.11. The molecule has 0 fully saturated rings. The maximum atomic E-state index is 11.9. The van der Waals surface area contributed by atoms with Gasteiger partial charge in [0.25, 0.3) is 5.91 Å². The number of aromatic nitrogens is 3. The third-order valence-electron chi connectivity index (χ3n) is 2.40. The highest BCUT2D eigenvalue weighted by molar-refractivity contribution is 6.21. The van der Waals surface area contributed by atoms with Crippen molar-refractivity contribution in [2.45, 2.75) is 5.38 Å². The van der Waals surface area contributed by atoms with E-state index in [1.165, 1.54) is 6.20 Å². The van der Waals surface area contributed by atoms with Gasteiger partial charge in [-0.3, -0.25) is 9.78 Å². The molecule has 1 unspecified atom stereocenters. The Morgan fingerprint density at radius 2 is 2.44 bits per heavy atom. The average molecular weight is 269 g/mol. The third kappa shape index (κ3) is 2.77. The first-order valence-electron chi connectivity index (χ1n) is 5.41. The van der Waals surface area contributed by atoms with Crippen LogP contribution in [-0.2, 0) is 4.74 Å². The second kappa shape index (κ2) is 5.79. The van der Waals surface area contributed by atoms with Crippen LogP contribution in [-0.4, -0.2) is 46.1 Å². The van der Waals surface area contributed by atoms with E-state index in [2.05, 4.69) is 15.4 Å². The Morgan fingerprint density at radius 1 is 1.61 bits per heavy atom. The molecule has 1 atom stereocenters. The van der Waals surface area contributed by atoms with Gasteiger partial charge in [-0.05, 0) is 0 Å². The number of halogens is 1. The molecule has 0 spiro atoms. The highest BCUT2D eigenvalue weighted by Gasteiger charge is 2.13. The van der Waals surface area contributed by atoms with Gasteiger partial charge in [0.15, 0.2) is 0 Å². The number of carbonyl (C=O) groups excluding carboxylic acids is 1. The largest absolute Gasteiger partial charge is 0.383 e. The van der Waals surface area contributed by atoms with Crippen molar-refractivity contribution in [3.63, 3.8) is 0 Å². The predicted octanol–water partition coefficient (Wildman–Crippen LogP) is 0.713. The van der Waals surface area contributed by atoms with E-state index in [-0.39, 0.29) is 11.3 Å². The molecule has 2 rings (SSSR count). The number of methoxy groups -OCH3 is 1. The first kappa shape index (κ1) is 12.8. The Bertz CT molecular complexity index is 543. The van der Waals surface area contributed by atoms with Crippen molar-refractivity contribution in [1.82, 2.24) is 19.9 Å². The summed E-state index contributed by atoms with van der Waals surface area (Å²) in [5.41, 5.74) is 1.14. The number of carbonyl (C=O) groups is 1. The summed E-state index contributed by atoms with van der Waals surface area (Å²) in [5.74, 6) is -0.222. The summed E-state index contributed by atoms with van der Waals surface area (Å²) in [6, 6.07) is 0. The molecule has 2 aromatic heterocycles. The minimum absolute atomic E-state index is 0.222. The lowest BCUT2D eigenvalue weighted by molar-refractivity contribution is 0.0951. The molecule has 2 heterocycles. The maximum absolute atomic E-state index is 11.9. The Hall–Kier alpha value is -1.66. The molecule has 0 bridgehead atoms. The van der Waals surface area contributed by atoms with Crippen LogP contribution in [0.15, 0.2) is 24.8 Å². The minimum Gasteiger partial charge on any atom is -0.383 e. The second-order valence-electron chi connectivity index (χ2n) is 3.73. The quantitative estimate of drug-likeness (QED) is 0.811. The lowest BCUT2D eigenvalue weighted by Gasteiger charge is -2.09. The Labute approximate surface area is 109 Å². The van der Waals surface area contributed by atoms with Gasteiger partial charge in [-0.15, -0.1) is 11.6 Å². The molecule has 18 heavy (non-hydrogen) atoms. The molecule has 0 saturated carbocycles. The van der Waals surface area contributed by atoms with Crippen LogP contribution in [0.25, 0.3) is 5.52 Å². The van der Waals surface area contributed by atoms with Crippen LogP contribution < -0.4 is 5.32 Å². The van der Waals surface area contributed by atoms with E-state index in [9.17, 15) is 4.79 Å². The van der Waals surface area contributed by atoms with Gasteiger partial charge >= 0.3 is 0 Å². The molecule has 0 aromatic carbocycles. The number of hydrogen-bond donors (Lipinski definition) is 1. The molecule has 0 saturated heterocycles. The third-order valence-corrected chi connectivity index (χ3v) is 2.68. The van der Waals surface area contributed by atoms with E-state index in [0.29, 0.717) is 24.2 Å². The van der Waals surface area contributed by atoms with Crippen molar-refractivity contribution in [1.29, 1.82) is 0 Å². The summed E-state index contributed by atoms with van der Waals surface area (Å²) < 4.78 is 6.48. The van der Waals surface area contributed by atoms with Crippen molar-refractivity contribution in [3.8, 4) is 0 Å². The van der Waals surface area contributed by atoms with E-state index >= 15 is 0 Å². The molecular weight excluding hydrogens is 256 g/mol. The zero-order valence-electron chi connectivity index (χ0n) is 9.84. The van der Waals surface area contributed by atoms with Gasteiger partial charge in [-0.25, -0.2) is 4.52 Å². The van der Waals surface area contributed by atoms with E-state index in [0.717, 1.165) is 0 Å². The number of ether oxygens (including phenoxy) is 1. The summed E-state index contributed by atoms with van der Waals surface area (Å²) in [6.45, 7) is 0.726.